The third-order valence-corrected chi connectivity index (χ3v) is 3.54. The van der Waals surface area contributed by atoms with Crippen LogP contribution in [0.5, 0.6) is 0 Å². The third kappa shape index (κ3) is 5.13. The summed E-state index contributed by atoms with van der Waals surface area (Å²) in [5, 5.41) is 7.17. The molecule has 0 bridgehead atoms. The van der Waals surface area contributed by atoms with E-state index in [1.807, 2.05) is 33.3 Å². The van der Waals surface area contributed by atoms with Crippen molar-refractivity contribution < 1.29 is 4.79 Å². The van der Waals surface area contributed by atoms with Gasteiger partial charge in [0.15, 0.2) is 0 Å². The van der Waals surface area contributed by atoms with Crippen molar-refractivity contribution in [2.24, 2.45) is 12.8 Å². The highest BCUT2D eigenvalue weighted by Gasteiger charge is 2.27. The fourth-order valence-electron chi connectivity index (χ4n) is 2.50. The summed E-state index contributed by atoms with van der Waals surface area (Å²) < 4.78 is 1.77. The Kier molecular flexibility index (Phi) is 6.84. The number of nitrogens with two attached hydrogens (primary N) is 1. The highest BCUT2D eigenvalue weighted by molar-refractivity contribution is 5.78. The molecule has 0 aromatic carbocycles. The van der Waals surface area contributed by atoms with Gasteiger partial charge in [0.1, 0.15) is 0 Å². The molecule has 0 aliphatic carbocycles. The van der Waals surface area contributed by atoms with Crippen LogP contribution in [0.15, 0.2) is 12.4 Å². The van der Waals surface area contributed by atoms with E-state index in [2.05, 4.69) is 29.2 Å². The second kappa shape index (κ2) is 8.14. The Morgan fingerprint density at radius 3 is 2.57 bits per heavy atom. The Morgan fingerprint density at radius 2 is 2.14 bits per heavy atom. The van der Waals surface area contributed by atoms with Crippen LogP contribution < -0.4 is 11.1 Å². The summed E-state index contributed by atoms with van der Waals surface area (Å²) in [7, 11) is 1.89. The van der Waals surface area contributed by atoms with Crippen LogP contribution in [0.2, 0.25) is 0 Å². The zero-order valence-corrected chi connectivity index (χ0v) is 13.8. The lowest BCUT2D eigenvalue weighted by Gasteiger charge is -2.33. The minimum absolute atomic E-state index is 0.00612. The molecule has 3 N–H and O–H groups in total. The highest BCUT2D eigenvalue weighted by atomic mass is 16.2. The van der Waals surface area contributed by atoms with Gasteiger partial charge in [0.2, 0.25) is 5.91 Å². The van der Waals surface area contributed by atoms with Crippen molar-refractivity contribution in [2.45, 2.75) is 52.2 Å². The molecule has 1 aromatic rings. The molecule has 0 aliphatic rings. The predicted octanol–water partition coefficient (Wildman–Crippen LogP) is 1.04. The van der Waals surface area contributed by atoms with Crippen LogP contribution in [0.4, 0.5) is 0 Å². The van der Waals surface area contributed by atoms with Gasteiger partial charge in [-0.15, -0.1) is 0 Å². The van der Waals surface area contributed by atoms with E-state index in [-0.39, 0.29) is 24.0 Å². The topological polar surface area (TPSA) is 76.2 Å². The summed E-state index contributed by atoms with van der Waals surface area (Å²) in [6, 6.07) is 0.125. The number of aromatic nitrogens is 2. The number of nitrogens with one attached hydrogen (secondary N) is 1. The van der Waals surface area contributed by atoms with Crippen molar-refractivity contribution in [1.82, 2.24) is 20.0 Å². The minimum Gasteiger partial charge on any atom is -0.353 e. The lowest BCUT2D eigenvalue weighted by molar-refractivity contribution is -0.123. The van der Waals surface area contributed by atoms with Gasteiger partial charge in [0.25, 0.3) is 0 Å². The zero-order valence-electron chi connectivity index (χ0n) is 13.8. The lowest BCUT2D eigenvalue weighted by atomic mass is 9.99. The largest absolute Gasteiger partial charge is 0.353 e. The third-order valence-electron chi connectivity index (χ3n) is 3.54. The maximum absolute atomic E-state index is 12.1. The van der Waals surface area contributed by atoms with Gasteiger partial charge in [-0.05, 0) is 26.8 Å². The molecule has 0 spiro atoms. The molecule has 1 heterocycles. The van der Waals surface area contributed by atoms with Crippen molar-refractivity contribution >= 4 is 5.91 Å². The maximum atomic E-state index is 12.1. The summed E-state index contributed by atoms with van der Waals surface area (Å²) in [5.74, 6) is 0.0315. The fraction of sp³-hybridized carbons (Fsp3) is 0.733. The highest BCUT2D eigenvalue weighted by Crippen LogP contribution is 2.24. The van der Waals surface area contributed by atoms with Crippen molar-refractivity contribution in [3.63, 3.8) is 0 Å². The minimum atomic E-state index is -0.0269. The Bertz CT molecular complexity index is 443. The van der Waals surface area contributed by atoms with Gasteiger partial charge in [0, 0.05) is 30.9 Å². The van der Waals surface area contributed by atoms with Gasteiger partial charge in [-0.1, -0.05) is 13.8 Å². The number of nitrogens with zero attached hydrogens (tertiary/aromatic N) is 3. The van der Waals surface area contributed by atoms with E-state index >= 15 is 0 Å². The number of likely N-dealkylation sites (N-methyl/N-ethyl adjacent to an activating group) is 1. The number of rotatable bonds is 8. The molecule has 6 nitrogen and oxygen atoms in total. The second-order valence-corrected chi connectivity index (χ2v) is 5.75. The van der Waals surface area contributed by atoms with Gasteiger partial charge in [-0.2, -0.15) is 5.10 Å². The van der Waals surface area contributed by atoms with Crippen LogP contribution in [0.1, 0.15) is 45.7 Å². The van der Waals surface area contributed by atoms with Crippen LogP contribution in [0.3, 0.4) is 0 Å². The molecule has 1 aromatic heterocycles. The summed E-state index contributed by atoms with van der Waals surface area (Å²) in [6.45, 7) is 9.15. The average Bonchev–Trinajstić information content (AvgIpc) is 2.82. The molecule has 1 rings (SSSR count). The molecule has 120 valence electrons. The molecule has 21 heavy (non-hydrogen) atoms. The van der Waals surface area contributed by atoms with Crippen molar-refractivity contribution in [2.75, 3.05) is 13.1 Å². The molecular formula is C15H29N5O. The van der Waals surface area contributed by atoms with E-state index in [1.165, 1.54) is 0 Å². The molecular weight excluding hydrogens is 266 g/mol. The molecule has 2 atom stereocenters. The van der Waals surface area contributed by atoms with E-state index in [0.29, 0.717) is 6.54 Å². The molecule has 0 saturated heterocycles. The number of hydrogen-bond donors (Lipinski definition) is 2. The van der Waals surface area contributed by atoms with Crippen LogP contribution >= 0.6 is 0 Å². The van der Waals surface area contributed by atoms with E-state index in [4.69, 9.17) is 5.73 Å². The van der Waals surface area contributed by atoms with Crippen LogP contribution in [-0.2, 0) is 11.8 Å². The molecule has 0 saturated carbocycles. The van der Waals surface area contributed by atoms with E-state index < -0.39 is 0 Å². The Morgan fingerprint density at radius 1 is 1.48 bits per heavy atom. The van der Waals surface area contributed by atoms with Gasteiger partial charge in [-0.25, -0.2) is 0 Å². The second-order valence-electron chi connectivity index (χ2n) is 5.75. The maximum Gasteiger partial charge on any atom is 0.234 e. The number of carbonyl (C=O) groups is 1. The smallest absolute Gasteiger partial charge is 0.234 e. The Hall–Kier alpha value is -1.40. The number of amides is 1. The van der Waals surface area contributed by atoms with E-state index in [0.717, 1.165) is 18.5 Å². The van der Waals surface area contributed by atoms with Gasteiger partial charge >= 0.3 is 0 Å². The number of hydrogen-bond acceptors (Lipinski definition) is 4. The van der Waals surface area contributed by atoms with Crippen LogP contribution in [0, 0.1) is 0 Å². The SMILES string of the molecule is CCC(N)C(c1cnn(C)c1)N(CC)CC(=O)NC(C)C. The Labute approximate surface area is 127 Å². The quantitative estimate of drug-likeness (QED) is 0.751. The first kappa shape index (κ1) is 17.7. The summed E-state index contributed by atoms with van der Waals surface area (Å²) in [4.78, 5) is 14.2. The molecule has 2 unspecified atom stereocenters. The average molecular weight is 295 g/mol. The summed E-state index contributed by atoms with van der Waals surface area (Å²) in [5.41, 5.74) is 7.36. The molecule has 0 fully saturated rings. The van der Waals surface area contributed by atoms with Crippen molar-refractivity contribution in [3.05, 3.63) is 18.0 Å². The van der Waals surface area contributed by atoms with Gasteiger partial charge in [-0.3, -0.25) is 14.4 Å². The standard InChI is InChI=1S/C15H29N5O/c1-6-13(16)15(12-8-17-19(5)9-12)20(7-2)10-14(21)18-11(3)4/h8-9,11,13,15H,6-7,10,16H2,1-5H3,(H,18,21). The molecule has 0 radical (unpaired) electrons. The lowest BCUT2D eigenvalue weighted by Crippen LogP contribution is -2.46. The van der Waals surface area contributed by atoms with Crippen LogP contribution in [0.25, 0.3) is 0 Å². The van der Waals surface area contributed by atoms with Gasteiger partial charge in [0.05, 0.1) is 18.8 Å². The normalized spacial score (nSPS) is 14.5. The molecule has 1 amide bonds. The fourth-order valence-corrected chi connectivity index (χ4v) is 2.50. The first-order valence-corrected chi connectivity index (χ1v) is 7.66. The summed E-state index contributed by atoms with van der Waals surface area (Å²) in [6.07, 6.45) is 4.66. The predicted molar refractivity (Wildman–Crippen MR) is 84.7 cm³/mol. The van der Waals surface area contributed by atoms with Crippen LogP contribution in [-0.4, -0.2) is 45.8 Å². The van der Waals surface area contributed by atoms with Crippen molar-refractivity contribution in [3.8, 4) is 0 Å². The molecule has 6 heteroatoms. The Balaban J connectivity index is 2.91. The van der Waals surface area contributed by atoms with Gasteiger partial charge < -0.3 is 11.1 Å². The first-order chi connectivity index (χ1) is 9.88. The monoisotopic (exact) mass is 295 g/mol. The van der Waals surface area contributed by atoms with E-state index in [9.17, 15) is 4.79 Å². The number of carbonyl (C=O) groups excluding carboxylic acids is 1. The van der Waals surface area contributed by atoms with Crippen molar-refractivity contribution in [1.29, 1.82) is 0 Å². The molecule has 0 aliphatic heterocycles. The zero-order chi connectivity index (χ0) is 16.0. The number of aryl methyl sites for hydroxylation is 1. The first-order valence-electron chi connectivity index (χ1n) is 7.66. The summed E-state index contributed by atoms with van der Waals surface area (Å²) >= 11 is 0. The van der Waals surface area contributed by atoms with E-state index in [1.54, 1.807) is 4.68 Å².